The van der Waals surface area contributed by atoms with E-state index in [-0.39, 0.29) is 12.5 Å². The van der Waals surface area contributed by atoms with Crippen LogP contribution in [-0.2, 0) is 6.61 Å². The molecule has 0 radical (unpaired) electrons. The third-order valence-electron chi connectivity index (χ3n) is 7.07. The molecule has 5 atom stereocenters. The van der Waals surface area contributed by atoms with E-state index in [0.717, 1.165) is 24.2 Å². The normalized spacial score (nSPS) is 30.2. The Kier molecular flexibility index (Phi) is 4.53. The van der Waals surface area contributed by atoms with E-state index in [1.165, 1.54) is 25.7 Å². The number of carbonyl (C=O) groups is 1. The Balaban J connectivity index is 1.19. The van der Waals surface area contributed by atoms with Crippen molar-refractivity contribution in [1.82, 2.24) is 5.32 Å². The molecule has 1 amide bonds. The Hall–Kier alpha value is -2.43. The van der Waals surface area contributed by atoms with Gasteiger partial charge in [-0.3, -0.25) is 4.79 Å². The van der Waals surface area contributed by atoms with Crippen LogP contribution in [0.3, 0.4) is 0 Å². The van der Waals surface area contributed by atoms with E-state index < -0.39 is 0 Å². The van der Waals surface area contributed by atoms with Gasteiger partial charge in [0, 0.05) is 6.04 Å². The Bertz CT molecular complexity index is 860. The second kappa shape index (κ2) is 7.19. The van der Waals surface area contributed by atoms with Crippen molar-refractivity contribution in [3.63, 3.8) is 0 Å². The average Bonchev–Trinajstić information content (AvgIpc) is 3.48. The minimum Gasteiger partial charge on any atom is -0.493 e. The van der Waals surface area contributed by atoms with Crippen LogP contribution in [0.1, 0.15) is 48.4 Å². The first-order valence-corrected chi connectivity index (χ1v) is 10.4. The van der Waals surface area contributed by atoms with Gasteiger partial charge in [-0.2, -0.15) is 0 Å². The first-order chi connectivity index (χ1) is 13.7. The van der Waals surface area contributed by atoms with Gasteiger partial charge >= 0.3 is 0 Å². The van der Waals surface area contributed by atoms with Crippen LogP contribution in [0.2, 0.25) is 0 Å². The summed E-state index contributed by atoms with van der Waals surface area (Å²) in [4.78, 5) is 12.7. The number of nitrogens with one attached hydrogen (secondary N) is 1. The van der Waals surface area contributed by atoms with E-state index in [9.17, 15) is 4.79 Å². The number of benzene rings is 1. The molecule has 3 fully saturated rings. The first-order valence-electron chi connectivity index (χ1n) is 10.4. The van der Waals surface area contributed by atoms with E-state index >= 15 is 0 Å². The lowest BCUT2D eigenvalue weighted by molar-refractivity contribution is 0.0869. The summed E-state index contributed by atoms with van der Waals surface area (Å²) in [5.74, 6) is 5.48. The highest BCUT2D eigenvalue weighted by molar-refractivity contribution is 5.91. The molecule has 5 nitrogen and oxygen atoms in total. The van der Waals surface area contributed by atoms with E-state index in [2.05, 4.69) is 5.32 Å². The minimum atomic E-state index is -0.101. The fourth-order valence-corrected chi connectivity index (χ4v) is 5.94. The number of furan rings is 1. The number of amides is 1. The fraction of sp³-hybridized carbons (Fsp3) is 0.522. The minimum absolute atomic E-state index is 0.101. The van der Waals surface area contributed by atoms with Gasteiger partial charge in [0.15, 0.2) is 17.3 Å². The maximum Gasteiger partial charge on any atom is 0.287 e. The number of hydrogen-bond donors (Lipinski definition) is 1. The van der Waals surface area contributed by atoms with Crippen LogP contribution in [0.25, 0.3) is 0 Å². The van der Waals surface area contributed by atoms with Gasteiger partial charge in [-0.1, -0.05) is 18.6 Å². The van der Waals surface area contributed by atoms with Gasteiger partial charge in [0.2, 0.25) is 0 Å². The molecule has 1 aromatic heterocycles. The average molecular weight is 381 g/mol. The zero-order chi connectivity index (χ0) is 19.1. The second-order valence-corrected chi connectivity index (χ2v) is 8.44. The van der Waals surface area contributed by atoms with E-state index in [1.807, 2.05) is 24.3 Å². The Morgan fingerprint density at radius 2 is 1.89 bits per heavy atom. The van der Waals surface area contributed by atoms with Crippen molar-refractivity contribution < 1.29 is 18.7 Å². The largest absolute Gasteiger partial charge is 0.493 e. The van der Waals surface area contributed by atoms with Crippen molar-refractivity contribution in [1.29, 1.82) is 0 Å². The molecule has 5 heteroatoms. The van der Waals surface area contributed by atoms with Crippen molar-refractivity contribution in [2.45, 2.75) is 44.8 Å². The lowest BCUT2D eigenvalue weighted by atomic mass is 9.79. The maximum absolute atomic E-state index is 12.7. The predicted molar refractivity (Wildman–Crippen MR) is 104 cm³/mol. The fourth-order valence-electron chi connectivity index (χ4n) is 5.94. The van der Waals surface area contributed by atoms with E-state index in [0.29, 0.717) is 35.0 Å². The molecule has 0 aliphatic heterocycles. The highest BCUT2D eigenvalue weighted by atomic mass is 16.5. The van der Waals surface area contributed by atoms with Crippen molar-refractivity contribution in [2.24, 2.45) is 23.7 Å². The third-order valence-corrected chi connectivity index (χ3v) is 7.07. The van der Waals surface area contributed by atoms with Crippen LogP contribution in [0.5, 0.6) is 11.5 Å². The lowest BCUT2D eigenvalue weighted by Crippen LogP contribution is -2.42. The van der Waals surface area contributed by atoms with Crippen LogP contribution in [0.15, 0.2) is 40.8 Å². The summed E-state index contributed by atoms with van der Waals surface area (Å²) in [6.45, 7) is 0.255. The molecule has 0 unspecified atom stereocenters. The van der Waals surface area contributed by atoms with Gasteiger partial charge in [-0.05, 0) is 73.6 Å². The monoisotopic (exact) mass is 381 g/mol. The molecule has 2 bridgehead atoms. The number of para-hydroxylation sites is 2. The molecule has 3 aliphatic carbocycles. The summed E-state index contributed by atoms with van der Waals surface area (Å²) >= 11 is 0. The standard InChI is InChI=1S/C23H27NO4/c1-26-20-7-2-3-8-21(20)27-13-15-9-10-22(28-15)23(25)24-19-12-14-11-18(19)17-6-4-5-16(14)17/h2-3,7-10,14,16-19H,4-6,11-13H2,1H3,(H,24,25)/t14-,16+,17-,18+,19-/m1/s1. The van der Waals surface area contributed by atoms with Crippen molar-refractivity contribution in [2.75, 3.05) is 7.11 Å². The van der Waals surface area contributed by atoms with Crippen LogP contribution in [0, 0.1) is 23.7 Å². The quantitative estimate of drug-likeness (QED) is 0.805. The number of carbonyl (C=O) groups excluding carboxylic acids is 1. The summed E-state index contributed by atoms with van der Waals surface area (Å²) in [5.41, 5.74) is 0. The molecule has 3 saturated carbocycles. The highest BCUT2D eigenvalue weighted by Gasteiger charge is 2.54. The molecular weight excluding hydrogens is 354 g/mol. The maximum atomic E-state index is 12.7. The second-order valence-electron chi connectivity index (χ2n) is 8.44. The third kappa shape index (κ3) is 3.07. The SMILES string of the molecule is COc1ccccc1OCc1ccc(C(=O)N[C@@H]2C[C@H]3C[C@H]2[C@@H]2CCC[C@@H]32)o1. The molecule has 1 heterocycles. The van der Waals surface area contributed by atoms with Crippen molar-refractivity contribution >= 4 is 5.91 Å². The molecule has 2 aromatic rings. The zero-order valence-corrected chi connectivity index (χ0v) is 16.2. The van der Waals surface area contributed by atoms with Crippen LogP contribution in [0.4, 0.5) is 0 Å². The van der Waals surface area contributed by atoms with Gasteiger partial charge in [0.1, 0.15) is 12.4 Å². The summed E-state index contributed by atoms with van der Waals surface area (Å²) in [7, 11) is 1.61. The van der Waals surface area contributed by atoms with Crippen LogP contribution in [-0.4, -0.2) is 19.1 Å². The van der Waals surface area contributed by atoms with E-state index in [4.69, 9.17) is 13.9 Å². The summed E-state index contributed by atoms with van der Waals surface area (Å²) in [6.07, 6.45) is 6.57. The molecule has 0 spiro atoms. The van der Waals surface area contributed by atoms with E-state index in [1.54, 1.807) is 19.2 Å². The lowest BCUT2D eigenvalue weighted by Gasteiger charge is -2.31. The Morgan fingerprint density at radius 3 is 2.75 bits per heavy atom. The molecule has 5 rings (SSSR count). The Morgan fingerprint density at radius 1 is 1.07 bits per heavy atom. The number of ether oxygens (including phenoxy) is 2. The molecular formula is C23H27NO4. The van der Waals surface area contributed by atoms with Crippen LogP contribution >= 0.6 is 0 Å². The summed E-state index contributed by atoms with van der Waals surface area (Å²) in [6, 6.07) is 11.3. The number of hydrogen-bond acceptors (Lipinski definition) is 4. The van der Waals surface area contributed by atoms with Crippen LogP contribution < -0.4 is 14.8 Å². The van der Waals surface area contributed by atoms with Crippen molar-refractivity contribution in [3.8, 4) is 11.5 Å². The smallest absolute Gasteiger partial charge is 0.287 e. The predicted octanol–water partition coefficient (Wildman–Crippen LogP) is 4.42. The van der Waals surface area contributed by atoms with Gasteiger partial charge in [0.05, 0.1) is 7.11 Å². The molecule has 0 saturated heterocycles. The van der Waals surface area contributed by atoms with Gasteiger partial charge in [-0.25, -0.2) is 0 Å². The molecule has 3 aliphatic rings. The topological polar surface area (TPSA) is 60.7 Å². The zero-order valence-electron chi connectivity index (χ0n) is 16.2. The Labute approximate surface area is 165 Å². The van der Waals surface area contributed by atoms with Gasteiger partial charge < -0.3 is 19.2 Å². The summed E-state index contributed by atoms with van der Waals surface area (Å²) < 4.78 is 16.8. The van der Waals surface area contributed by atoms with Gasteiger partial charge in [0.25, 0.3) is 5.91 Å². The first kappa shape index (κ1) is 17.7. The molecule has 148 valence electrons. The number of rotatable bonds is 6. The molecule has 1 N–H and O–H groups in total. The molecule has 1 aromatic carbocycles. The molecule has 28 heavy (non-hydrogen) atoms. The van der Waals surface area contributed by atoms with Crippen molar-refractivity contribution in [3.05, 3.63) is 47.9 Å². The van der Waals surface area contributed by atoms with Gasteiger partial charge in [-0.15, -0.1) is 0 Å². The summed E-state index contributed by atoms with van der Waals surface area (Å²) in [5, 5.41) is 3.25. The highest BCUT2D eigenvalue weighted by Crippen LogP contribution is 2.58. The number of methoxy groups -OCH3 is 1. The number of fused-ring (bicyclic) bond motifs is 5.